The van der Waals surface area contributed by atoms with E-state index >= 15 is 0 Å². The summed E-state index contributed by atoms with van der Waals surface area (Å²) in [5.74, 6) is 1.18. The van der Waals surface area contributed by atoms with Crippen LogP contribution in [-0.4, -0.2) is 18.0 Å². The number of furan rings is 1. The van der Waals surface area contributed by atoms with Gasteiger partial charge < -0.3 is 9.15 Å². The third kappa shape index (κ3) is 3.36. The molecule has 2 aromatic carbocycles. The Bertz CT molecular complexity index is 1090. The van der Waals surface area contributed by atoms with Gasteiger partial charge in [0.15, 0.2) is 10.9 Å². The number of fused-ring (bicyclic) bond motifs is 1. The highest BCUT2D eigenvalue weighted by Crippen LogP contribution is 2.32. The number of amides is 1. The van der Waals surface area contributed by atoms with Crippen LogP contribution in [0.4, 0.5) is 5.13 Å². The normalized spacial score (nSPS) is 10.8. The fourth-order valence-corrected chi connectivity index (χ4v) is 3.44. The summed E-state index contributed by atoms with van der Waals surface area (Å²) in [7, 11) is 1.62. The van der Waals surface area contributed by atoms with Gasteiger partial charge in [0.2, 0.25) is 0 Å². The van der Waals surface area contributed by atoms with Gasteiger partial charge in [-0.2, -0.15) is 0 Å². The summed E-state index contributed by atoms with van der Waals surface area (Å²) in [6.07, 6.45) is 0. The maximum atomic E-state index is 12.3. The number of hydrogen-bond donors (Lipinski definition) is 1. The molecular weight excluding hydrogens is 416 g/mol. The first kappa shape index (κ1) is 16.8. The molecule has 0 radical (unpaired) electrons. The molecule has 1 N–H and O–H groups in total. The summed E-state index contributed by atoms with van der Waals surface area (Å²) in [4.78, 5) is 16.7. The lowest BCUT2D eigenvalue weighted by atomic mass is 10.2. The second-order valence-corrected chi connectivity index (χ2v) is 7.29. The van der Waals surface area contributed by atoms with Crippen molar-refractivity contribution in [3.63, 3.8) is 0 Å². The number of nitrogens with zero attached hydrogens (tertiary/aromatic N) is 1. The van der Waals surface area contributed by atoms with E-state index in [0.29, 0.717) is 22.1 Å². The molecule has 4 aromatic rings. The number of thiazole rings is 1. The highest BCUT2D eigenvalue weighted by atomic mass is 79.9. The van der Waals surface area contributed by atoms with E-state index < -0.39 is 0 Å². The fraction of sp³-hybridized carbons (Fsp3) is 0.0526. The number of benzene rings is 2. The van der Waals surface area contributed by atoms with Gasteiger partial charge in [0.25, 0.3) is 5.91 Å². The van der Waals surface area contributed by atoms with Crippen LogP contribution in [0.3, 0.4) is 0 Å². The molecule has 0 aliphatic carbocycles. The molecule has 0 unspecified atom stereocenters. The first-order valence-corrected chi connectivity index (χ1v) is 9.40. The van der Waals surface area contributed by atoms with Crippen LogP contribution in [0.25, 0.3) is 22.4 Å². The molecule has 4 rings (SSSR count). The van der Waals surface area contributed by atoms with E-state index in [9.17, 15) is 4.79 Å². The third-order valence-electron chi connectivity index (χ3n) is 3.81. The third-order valence-corrected chi connectivity index (χ3v) is 5.10. The number of carbonyl (C=O) groups excluding carboxylic acids is 1. The highest BCUT2D eigenvalue weighted by Gasteiger charge is 2.13. The Labute approximate surface area is 161 Å². The number of halogens is 1. The predicted octanol–water partition coefficient (Wildman–Crippen LogP) is 5.58. The van der Waals surface area contributed by atoms with Gasteiger partial charge in [0, 0.05) is 26.9 Å². The van der Waals surface area contributed by atoms with Gasteiger partial charge in [-0.3, -0.25) is 10.1 Å². The van der Waals surface area contributed by atoms with Crippen molar-refractivity contribution in [1.29, 1.82) is 0 Å². The molecule has 2 heterocycles. The number of carbonyl (C=O) groups is 1. The van der Waals surface area contributed by atoms with Gasteiger partial charge in [0.1, 0.15) is 17.0 Å². The summed E-state index contributed by atoms with van der Waals surface area (Å²) in [6, 6.07) is 14.7. The van der Waals surface area contributed by atoms with Crippen molar-refractivity contribution in [2.24, 2.45) is 0 Å². The molecule has 0 bridgehead atoms. The van der Waals surface area contributed by atoms with E-state index in [2.05, 4.69) is 26.2 Å². The van der Waals surface area contributed by atoms with Gasteiger partial charge in [0.05, 0.1) is 7.11 Å². The van der Waals surface area contributed by atoms with Gasteiger partial charge in [-0.15, -0.1) is 11.3 Å². The standard InChI is InChI=1S/C19H13BrN2O3S/c1-24-14-7-4-12-8-17(25-16(12)9-14)15-10-26-19(21-15)22-18(23)11-2-5-13(20)6-3-11/h2-10H,1H3,(H,21,22,23). The Balaban J connectivity index is 1.56. The van der Waals surface area contributed by atoms with Crippen molar-refractivity contribution in [2.45, 2.75) is 0 Å². The Morgan fingerprint density at radius 3 is 2.77 bits per heavy atom. The number of aromatic nitrogens is 1. The molecule has 2 aromatic heterocycles. The minimum atomic E-state index is -0.201. The first-order valence-electron chi connectivity index (χ1n) is 7.73. The van der Waals surface area contributed by atoms with E-state index in [-0.39, 0.29) is 5.91 Å². The highest BCUT2D eigenvalue weighted by molar-refractivity contribution is 9.10. The molecule has 0 aliphatic heterocycles. The second kappa shape index (κ2) is 6.93. The van der Waals surface area contributed by atoms with Crippen LogP contribution in [0.5, 0.6) is 5.75 Å². The lowest BCUT2D eigenvalue weighted by Gasteiger charge is -2.01. The Kier molecular flexibility index (Phi) is 4.48. The molecule has 26 heavy (non-hydrogen) atoms. The van der Waals surface area contributed by atoms with E-state index in [4.69, 9.17) is 9.15 Å². The number of rotatable bonds is 4. The number of hydrogen-bond acceptors (Lipinski definition) is 5. The zero-order valence-corrected chi connectivity index (χ0v) is 16.1. The SMILES string of the molecule is COc1ccc2cc(-c3csc(NC(=O)c4ccc(Br)cc4)n3)oc2c1. The van der Waals surface area contributed by atoms with Crippen LogP contribution >= 0.6 is 27.3 Å². The topological polar surface area (TPSA) is 64.4 Å². The smallest absolute Gasteiger partial charge is 0.257 e. The van der Waals surface area contributed by atoms with E-state index in [1.807, 2.05) is 41.8 Å². The largest absolute Gasteiger partial charge is 0.497 e. The molecule has 1 amide bonds. The molecule has 0 atom stereocenters. The molecule has 0 spiro atoms. The number of anilines is 1. The van der Waals surface area contributed by atoms with Crippen molar-refractivity contribution < 1.29 is 13.9 Å². The molecule has 0 saturated heterocycles. The monoisotopic (exact) mass is 428 g/mol. The fourth-order valence-electron chi connectivity index (χ4n) is 2.48. The zero-order valence-electron chi connectivity index (χ0n) is 13.7. The average molecular weight is 429 g/mol. The summed E-state index contributed by atoms with van der Waals surface area (Å²) < 4.78 is 12.0. The van der Waals surface area contributed by atoms with Crippen molar-refractivity contribution in [2.75, 3.05) is 12.4 Å². The quantitative estimate of drug-likeness (QED) is 0.460. The van der Waals surface area contributed by atoms with E-state index in [1.165, 1.54) is 11.3 Å². The summed E-state index contributed by atoms with van der Waals surface area (Å²) >= 11 is 4.70. The van der Waals surface area contributed by atoms with Gasteiger partial charge in [-0.05, 0) is 42.5 Å². The molecule has 5 nitrogen and oxygen atoms in total. The lowest BCUT2D eigenvalue weighted by molar-refractivity contribution is 0.102. The minimum Gasteiger partial charge on any atom is -0.497 e. The van der Waals surface area contributed by atoms with Crippen molar-refractivity contribution >= 4 is 49.3 Å². The van der Waals surface area contributed by atoms with Crippen molar-refractivity contribution in [3.05, 3.63) is 63.9 Å². The molecule has 130 valence electrons. The number of nitrogens with one attached hydrogen (secondary N) is 1. The Morgan fingerprint density at radius 2 is 2.00 bits per heavy atom. The van der Waals surface area contributed by atoms with Crippen LogP contribution < -0.4 is 10.1 Å². The number of ether oxygens (including phenoxy) is 1. The van der Waals surface area contributed by atoms with Crippen LogP contribution in [0.1, 0.15) is 10.4 Å². The van der Waals surface area contributed by atoms with Crippen LogP contribution in [0, 0.1) is 0 Å². The Morgan fingerprint density at radius 1 is 1.19 bits per heavy atom. The first-order chi connectivity index (χ1) is 12.6. The van der Waals surface area contributed by atoms with Crippen LogP contribution in [-0.2, 0) is 0 Å². The van der Waals surface area contributed by atoms with Crippen molar-refractivity contribution in [1.82, 2.24) is 4.98 Å². The van der Waals surface area contributed by atoms with Gasteiger partial charge >= 0.3 is 0 Å². The molecule has 0 saturated carbocycles. The lowest BCUT2D eigenvalue weighted by Crippen LogP contribution is -2.11. The van der Waals surface area contributed by atoms with E-state index in [0.717, 1.165) is 21.2 Å². The minimum absolute atomic E-state index is 0.201. The van der Waals surface area contributed by atoms with Crippen molar-refractivity contribution in [3.8, 4) is 17.2 Å². The summed E-state index contributed by atoms with van der Waals surface area (Å²) in [5, 5.41) is 6.15. The molecule has 0 fully saturated rings. The predicted molar refractivity (Wildman–Crippen MR) is 106 cm³/mol. The second-order valence-electron chi connectivity index (χ2n) is 5.51. The van der Waals surface area contributed by atoms with Crippen LogP contribution in [0.15, 0.2) is 62.8 Å². The summed E-state index contributed by atoms with van der Waals surface area (Å²) in [6.45, 7) is 0. The summed E-state index contributed by atoms with van der Waals surface area (Å²) in [5.41, 5.74) is 1.98. The molecular formula is C19H13BrN2O3S. The van der Waals surface area contributed by atoms with E-state index in [1.54, 1.807) is 19.2 Å². The molecule has 7 heteroatoms. The van der Waals surface area contributed by atoms with Gasteiger partial charge in [-0.25, -0.2) is 4.98 Å². The average Bonchev–Trinajstić information content (AvgIpc) is 3.28. The molecule has 0 aliphatic rings. The Hall–Kier alpha value is -2.64. The van der Waals surface area contributed by atoms with Gasteiger partial charge in [-0.1, -0.05) is 15.9 Å². The maximum absolute atomic E-state index is 12.3. The zero-order chi connectivity index (χ0) is 18.1. The number of methoxy groups -OCH3 is 1. The van der Waals surface area contributed by atoms with Crippen LogP contribution in [0.2, 0.25) is 0 Å². The maximum Gasteiger partial charge on any atom is 0.257 e.